The van der Waals surface area contributed by atoms with Gasteiger partial charge in [-0.3, -0.25) is 4.79 Å². The molecule has 5 fully saturated rings. The minimum absolute atomic E-state index is 0.114. The summed E-state index contributed by atoms with van der Waals surface area (Å²) < 4.78 is 17.7. The van der Waals surface area contributed by atoms with Crippen LogP contribution in [0.25, 0.3) is 0 Å². The van der Waals surface area contributed by atoms with Crippen LogP contribution in [0.15, 0.2) is 12.2 Å². The van der Waals surface area contributed by atoms with Gasteiger partial charge in [0.05, 0.1) is 17.6 Å². The minimum Gasteiger partial charge on any atom is -0.434 e. The molecule has 9 atom stereocenters. The predicted octanol–water partition coefficient (Wildman–Crippen LogP) is 1.99. The monoisotopic (exact) mass is 378 g/mol. The Hall–Kier alpha value is -0.950. The molecule has 2 spiro atoms. The molecule has 0 radical (unpaired) electrons. The molecular formula is C21H30O6. The van der Waals surface area contributed by atoms with Crippen LogP contribution >= 0.6 is 0 Å². The van der Waals surface area contributed by atoms with Gasteiger partial charge in [0.15, 0.2) is 6.29 Å². The summed E-state index contributed by atoms with van der Waals surface area (Å²) in [5.74, 6) is -0.577. The number of aliphatic hydroxyl groups excluding tert-OH is 2. The zero-order valence-corrected chi connectivity index (χ0v) is 16.3. The molecule has 2 heterocycles. The molecule has 6 heteroatoms. The Balaban J connectivity index is 1.73. The van der Waals surface area contributed by atoms with E-state index in [0.29, 0.717) is 12.8 Å². The first-order valence-corrected chi connectivity index (χ1v) is 10.2. The number of fused-ring (bicyclic) bond motifs is 1. The molecule has 2 N–H and O–H groups in total. The Morgan fingerprint density at radius 3 is 2.67 bits per heavy atom. The second-order valence-corrected chi connectivity index (χ2v) is 10.0. The maximum absolute atomic E-state index is 13.2. The summed E-state index contributed by atoms with van der Waals surface area (Å²) in [6.07, 6.45) is 0.725. The Kier molecular flexibility index (Phi) is 3.59. The SMILES string of the molecule is C=C1[C@@H]2CC[C@@H]3[C@](C2)(C(=O)O[C@@H]2O[C@@H](OC)[C@@H]4C(C)(C)CC[C@H](O)[C@]243)[C@@H]1O. The van der Waals surface area contributed by atoms with Crippen molar-refractivity contribution >= 4 is 5.97 Å². The van der Waals surface area contributed by atoms with Gasteiger partial charge in [-0.25, -0.2) is 0 Å². The second kappa shape index (κ2) is 5.35. The predicted molar refractivity (Wildman–Crippen MR) is 95.1 cm³/mol. The lowest BCUT2D eigenvalue weighted by Gasteiger charge is -2.62. The summed E-state index contributed by atoms with van der Waals surface area (Å²) in [5.41, 5.74) is -1.17. The van der Waals surface area contributed by atoms with E-state index in [9.17, 15) is 15.0 Å². The maximum atomic E-state index is 13.2. The normalized spacial score (nSPS) is 55.5. The summed E-state index contributed by atoms with van der Waals surface area (Å²) in [7, 11) is 1.60. The van der Waals surface area contributed by atoms with Crippen molar-refractivity contribution in [2.45, 2.75) is 70.7 Å². The van der Waals surface area contributed by atoms with Crippen LogP contribution < -0.4 is 0 Å². The first-order valence-electron chi connectivity index (χ1n) is 10.2. The van der Waals surface area contributed by atoms with Crippen LogP contribution in [-0.2, 0) is 19.0 Å². The van der Waals surface area contributed by atoms with Gasteiger partial charge < -0.3 is 24.4 Å². The highest BCUT2D eigenvalue weighted by molar-refractivity contribution is 5.81. The largest absolute Gasteiger partial charge is 0.434 e. The van der Waals surface area contributed by atoms with Crippen LogP contribution in [0.2, 0.25) is 0 Å². The van der Waals surface area contributed by atoms with E-state index in [1.807, 2.05) is 0 Å². The molecule has 150 valence electrons. The number of aliphatic hydroxyl groups is 2. The summed E-state index contributed by atoms with van der Waals surface area (Å²) in [6.45, 7) is 8.45. The molecule has 27 heavy (non-hydrogen) atoms. The van der Waals surface area contributed by atoms with Crippen molar-refractivity contribution in [3.05, 3.63) is 12.2 Å². The Labute approximate surface area is 159 Å². The molecule has 3 saturated carbocycles. The maximum Gasteiger partial charge on any atom is 0.317 e. The van der Waals surface area contributed by atoms with Gasteiger partial charge in [0, 0.05) is 13.0 Å². The molecule has 2 bridgehead atoms. The smallest absolute Gasteiger partial charge is 0.317 e. The fourth-order valence-corrected chi connectivity index (χ4v) is 7.65. The first kappa shape index (κ1) is 18.1. The molecule has 0 amide bonds. The summed E-state index contributed by atoms with van der Waals surface area (Å²) >= 11 is 0. The highest BCUT2D eigenvalue weighted by Gasteiger charge is 2.80. The van der Waals surface area contributed by atoms with Crippen molar-refractivity contribution < 1.29 is 29.2 Å². The third-order valence-electron chi connectivity index (χ3n) is 8.76. The Bertz CT molecular complexity index is 703. The standard InChI is InChI=1S/C21H30O6/c1-10-11-5-6-12-20(9-11,15(10)23)17(24)27-18-21(12)13(22)7-8-19(2,3)14(21)16(25-4)26-18/h11-16,18,22-23H,1,5-9H2,2-4H3/t11-,12-,13+,14-,15-,16-,18+,20+,21+/m1/s1. The molecule has 0 aromatic heterocycles. The molecule has 0 aromatic carbocycles. The van der Waals surface area contributed by atoms with E-state index >= 15 is 0 Å². The number of esters is 1. The van der Waals surface area contributed by atoms with Crippen LogP contribution in [0, 0.1) is 34.0 Å². The number of rotatable bonds is 1. The van der Waals surface area contributed by atoms with Crippen molar-refractivity contribution in [2.75, 3.05) is 7.11 Å². The van der Waals surface area contributed by atoms with Crippen LogP contribution in [-0.4, -0.2) is 48.1 Å². The molecular weight excluding hydrogens is 348 g/mol. The zero-order valence-electron chi connectivity index (χ0n) is 16.3. The van der Waals surface area contributed by atoms with Crippen molar-refractivity contribution in [1.82, 2.24) is 0 Å². The van der Waals surface area contributed by atoms with E-state index in [4.69, 9.17) is 14.2 Å². The fraction of sp³-hybridized carbons (Fsp3) is 0.857. The van der Waals surface area contributed by atoms with Gasteiger partial charge in [0.25, 0.3) is 0 Å². The van der Waals surface area contributed by atoms with Gasteiger partial charge >= 0.3 is 5.97 Å². The lowest BCUT2D eigenvalue weighted by molar-refractivity contribution is -0.288. The van der Waals surface area contributed by atoms with Crippen LogP contribution in [0.4, 0.5) is 0 Å². The minimum atomic E-state index is -1.02. The average molecular weight is 378 g/mol. The number of carbonyl (C=O) groups excluding carboxylic acids is 1. The zero-order chi connectivity index (χ0) is 19.4. The van der Waals surface area contributed by atoms with Crippen molar-refractivity contribution in [3.8, 4) is 0 Å². The Morgan fingerprint density at radius 1 is 1.22 bits per heavy atom. The molecule has 5 aliphatic rings. The third-order valence-corrected chi connectivity index (χ3v) is 8.76. The van der Waals surface area contributed by atoms with Gasteiger partial charge in [-0.05, 0) is 54.9 Å². The van der Waals surface area contributed by atoms with Crippen molar-refractivity contribution in [3.63, 3.8) is 0 Å². The topological polar surface area (TPSA) is 85.2 Å². The van der Waals surface area contributed by atoms with Crippen LogP contribution in [0.5, 0.6) is 0 Å². The molecule has 0 aromatic rings. The van der Waals surface area contributed by atoms with E-state index in [-0.39, 0.29) is 23.2 Å². The van der Waals surface area contributed by atoms with Gasteiger partial charge in [-0.1, -0.05) is 20.4 Å². The molecule has 2 saturated heterocycles. The molecule has 3 aliphatic carbocycles. The van der Waals surface area contributed by atoms with Crippen molar-refractivity contribution in [2.24, 2.45) is 34.0 Å². The second-order valence-electron chi connectivity index (χ2n) is 10.0. The van der Waals surface area contributed by atoms with Gasteiger partial charge in [-0.15, -0.1) is 0 Å². The Morgan fingerprint density at radius 2 is 1.96 bits per heavy atom. The van der Waals surface area contributed by atoms with E-state index < -0.39 is 41.6 Å². The molecule has 2 aliphatic heterocycles. The fourth-order valence-electron chi connectivity index (χ4n) is 7.65. The lowest BCUT2D eigenvalue weighted by atomic mass is 9.43. The summed E-state index contributed by atoms with van der Waals surface area (Å²) in [6, 6.07) is 0. The van der Waals surface area contributed by atoms with Crippen LogP contribution in [0.3, 0.4) is 0 Å². The third kappa shape index (κ3) is 1.84. The van der Waals surface area contributed by atoms with Crippen LogP contribution in [0.1, 0.15) is 46.0 Å². The van der Waals surface area contributed by atoms with Gasteiger partial charge in [0.2, 0.25) is 6.29 Å². The number of hydrogen-bond donors (Lipinski definition) is 2. The number of hydrogen-bond acceptors (Lipinski definition) is 6. The molecule has 6 nitrogen and oxygen atoms in total. The average Bonchev–Trinajstić information content (AvgIpc) is 3.08. The molecule has 5 rings (SSSR count). The van der Waals surface area contributed by atoms with Gasteiger partial charge in [-0.2, -0.15) is 0 Å². The number of methoxy groups -OCH3 is 1. The number of ether oxygens (including phenoxy) is 3. The van der Waals surface area contributed by atoms with E-state index in [1.54, 1.807) is 7.11 Å². The molecule has 0 unspecified atom stereocenters. The quantitative estimate of drug-likeness (QED) is 0.536. The highest BCUT2D eigenvalue weighted by atomic mass is 16.8. The summed E-state index contributed by atoms with van der Waals surface area (Å²) in [5, 5.41) is 22.5. The summed E-state index contributed by atoms with van der Waals surface area (Å²) in [4.78, 5) is 13.2. The lowest BCUT2D eigenvalue weighted by Crippen LogP contribution is -2.69. The number of carbonyl (C=O) groups is 1. The first-order chi connectivity index (χ1) is 12.7. The van der Waals surface area contributed by atoms with E-state index in [1.165, 1.54) is 0 Å². The highest BCUT2D eigenvalue weighted by Crippen LogP contribution is 2.73. The van der Waals surface area contributed by atoms with E-state index in [0.717, 1.165) is 24.8 Å². The van der Waals surface area contributed by atoms with Crippen molar-refractivity contribution in [1.29, 1.82) is 0 Å². The van der Waals surface area contributed by atoms with E-state index in [2.05, 4.69) is 20.4 Å². The van der Waals surface area contributed by atoms with Gasteiger partial charge in [0.1, 0.15) is 5.41 Å².